The predicted molar refractivity (Wildman–Crippen MR) is 147 cm³/mol. The predicted octanol–water partition coefficient (Wildman–Crippen LogP) is 11.0. The van der Waals surface area contributed by atoms with Crippen LogP contribution < -0.4 is 0 Å². The molecule has 0 amide bonds. The van der Waals surface area contributed by atoms with Crippen LogP contribution in [0.5, 0.6) is 0 Å². The van der Waals surface area contributed by atoms with E-state index in [1.165, 1.54) is 116 Å². The Labute approximate surface area is 209 Å². The fraction of sp³-hybridized carbons (Fsp3) is 0.968. The van der Waals surface area contributed by atoms with Crippen LogP contribution in [0.2, 0.25) is 0 Å². The van der Waals surface area contributed by atoms with E-state index in [0.717, 1.165) is 38.5 Å². The van der Waals surface area contributed by atoms with Gasteiger partial charge in [0.15, 0.2) is 0 Å². The smallest absolute Gasteiger partial charge is 0.311 e. The zero-order chi connectivity index (χ0) is 24.5. The molecule has 0 fully saturated rings. The molecule has 0 aromatic carbocycles. The first kappa shape index (κ1) is 32.5. The van der Waals surface area contributed by atoms with Gasteiger partial charge < -0.3 is 4.74 Å². The largest absolute Gasteiger partial charge is 0.465 e. The van der Waals surface area contributed by atoms with Gasteiger partial charge in [-0.1, -0.05) is 156 Å². The lowest BCUT2D eigenvalue weighted by Gasteiger charge is -2.27. The van der Waals surface area contributed by atoms with Gasteiger partial charge in [0.05, 0.1) is 12.0 Å². The second kappa shape index (κ2) is 24.6. The molecule has 0 heterocycles. The van der Waals surface area contributed by atoms with Crippen molar-refractivity contribution in [3.63, 3.8) is 0 Å². The molecule has 1 unspecified atom stereocenters. The maximum Gasteiger partial charge on any atom is 0.311 e. The van der Waals surface area contributed by atoms with Crippen LogP contribution in [0, 0.1) is 5.41 Å². The number of rotatable bonds is 26. The maximum absolute atomic E-state index is 12.8. The van der Waals surface area contributed by atoms with Gasteiger partial charge in [0.25, 0.3) is 0 Å². The molecule has 0 N–H and O–H groups in total. The number of carbonyl (C=O) groups excluding carboxylic acids is 1. The molecule has 0 rings (SSSR count). The summed E-state index contributed by atoms with van der Waals surface area (Å²) >= 11 is 0. The summed E-state index contributed by atoms with van der Waals surface area (Å²) < 4.78 is 5.77. The van der Waals surface area contributed by atoms with Crippen LogP contribution in [0.4, 0.5) is 0 Å². The first-order valence-corrected chi connectivity index (χ1v) is 15.3. The van der Waals surface area contributed by atoms with Crippen molar-refractivity contribution in [3.05, 3.63) is 0 Å². The molecule has 0 saturated carbocycles. The van der Waals surface area contributed by atoms with Crippen LogP contribution in [-0.2, 0) is 9.53 Å². The Bertz CT molecular complexity index is 406. The van der Waals surface area contributed by atoms with Crippen molar-refractivity contribution in [1.82, 2.24) is 0 Å². The summed E-state index contributed by atoms with van der Waals surface area (Å²) in [7, 11) is 0. The summed E-state index contributed by atoms with van der Waals surface area (Å²) in [6.45, 7) is 9.53. The van der Waals surface area contributed by atoms with Gasteiger partial charge in [-0.3, -0.25) is 4.79 Å². The Hall–Kier alpha value is -0.530. The van der Waals surface area contributed by atoms with E-state index in [1.807, 2.05) is 0 Å². The van der Waals surface area contributed by atoms with E-state index in [2.05, 4.69) is 27.7 Å². The van der Waals surface area contributed by atoms with Gasteiger partial charge in [-0.05, 0) is 26.2 Å². The summed E-state index contributed by atoms with van der Waals surface area (Å²) in [6, 6.07) is 0. The van der Waals surface area contributed by atoms with Crippen LogP contribution in [0.3, 0.4) is 0 Å². The van der Waals surface area contributed by atoms with Crippen LogP contribution in [-0.4, -0.2) is 12.6 Å². The van der Waals surface area contributed by atoms with Crippen molar-refractivity contribution in [2.24, 2.45) is 5.41 Å². The number of hydrogen-bond donors (Lipinski definition) is 0. The molecule has 1 atom stereocenters. The summed E-state index contributed by atoms with van der Waals surface area (Å²) in [5.41, 5.74) is -0.267. The molecule has 0 bridgehead atoms. The quantitative estimate of drug-likeness (QED) is 0.0935. The molecule has 0 spiro atoms. The molecule has 0 aliphatic carbocycles. The lowest BCUT2D eigenvalue weighted by Crippen LogP contribution is -2.30. The molecule has 0 aliphatic rings. The normalized spacial score (nSPS) is 13.2. The summed E-state index contributed by atoms with van der Waals surface area (Å²) in [6.07, 6.45) is 31.0. The molecule has 2 nitrogen and oxygen atoms in total. The fourth-order valence-corrected chi connectivity index (χ4v) is 4.83. The van der Waals surface area contributed by atoms with Crippen molar-refractivity contribution < 1.29 is 9.53 Å². The fourth-order valence-electron chi connectivity index (χ4n) is 4.83. The van der Waals surface area contributed by atoms with Gasteiger partial charge in [0, 0.05) is 0 Å². The molecule has 0 saturated heterocycles. The third-order valence-electron chi connectivity index (χ3n) is 7.39. The van der Waals surface area contributed by atoms with Gasteiger partial charge in [-0.2, -0.15) is 0 Å². The van der Waals surface area contributed by atoms with Crippen molar-refractivity contribution in [2.75, 3.05) is 6.61 Å². The van der Waals surface area contributed by atoms with Crippen molar-refractivity contribution in [3.8, 4) is 0 Å². The summed E-state index contributed by atoms with van der Waals surface area (Å²) in [4.78, 5) is 12.8. The highest BCUT2D eigenvalue weighted by atomic mass is 16.5. The molecule has 0 aromatic heterocycles. The molecule has 2 heteroatoms. The zero-order valence-electron chi connectivity index (χ0n) is 23.5. The van der Waals surface area contributed by atoms with E-state index in [9.17, 15) is 4.79 Å². The SMILES string of the molecule is CCCCCCCCCCCCCCCCOC(=O)C(C)(CCCC)CCCCCCCC. The molecule has 0 aliphatic heterocycles. The minimum Gasteiger partial charge on any atom is -0.465 e. The van der Waals surface area contributed by atoms with Gasteiger partial charge >= 0.3 is 5.97 Å². The van der Waals surface area contributed by atoms with Crippen LogP contribution >= 0.6 is 0 Å². The van der Waals surface area contributed by atoms with E-state index in [0.29, 0.717) is 6.61 Å². The Balaban J connectivity index is 3.74. The molecule has 33 heavy (non-hydrogen) atoms. The van der Waals surface area contributed by atoms with Crippen LogP contribution in [0.1, 0.15) is 182 Å². The lowest BCUT2D eigenvalue weighted by molar-refractivity contribution is -0.156. The summed E-state index contributed by atoms with van der Waals surface area (Å²) in [5.74, 6) is 0.0687. The molecule has 0 aromatic rings. The second-order valence-electron chi connectivity index (χ2n) is 10.9. The monoisotopic (exact) mass is 466 g/mol. The summed E-state index contributed by atoms with van der Waals surface area (Å²) in [5, 5.41) is 0. The minimum absolute atomic E-state index is 0.0687. The number of carbonyl (C=O) groups is 1. The number of hydrogen-bond acceptors (Lipinski definition) is 2. The average Bonchev–Trinajstić information content (AvgIpc) is 2.82. The second-order valence-corrected chi connectivity index (χ2v) is 10.9. The van der Waals surface area contributed by atoms with Gasteiger partial charge in [0.2, 0.25) is 0 Å². The van der Waals surface area contributed by atoms with Crippen molar-refractivity contribution in [2.45, 2.75) is 182 Å². The Kier molecular flexibility index (Phi) is 24.2. The van der Waals surface area contributed by atoms with E-state index in [4.69, 9.17) is 4.74 Å². The highest BCUT2D eigenvalue weighted by molar-refractivity contribution is 5.76. The van der Waals surface area contributed by atoms with E-state index in [-0.39, 0.29) is 11.4 Å². The Morgan fingerprint density at radius 3 is 1.24 bits per heavy atom. The number of unbranched alkanes of at least 4 members (excludes halogenated alkanes) is 19. The third kappa shape index (κ3) is 20.5. The van der Waals surface area contributed by atoms with Gasteiger partial charge in [-0.25, -0.2) is 0 Å². The Morgan fingerprint density at radius 1 is 0.485 bits per heavy atom. The molecule has 198 valence electrons. The van der Waals surface area contributed by atoms with Gasteiger partial charge in [-0.15, -0.1) is 0 Å². The van der Waals surface area contributed by atoms with E-state index in [1.54, 1.807) is 0 Å². The first-order chi connectivity index (χ1) is 16.1. The highest BCUT2D eigenvalue weighted by Gasteiger charge is 2.33. The number of ether oxygens (including phenoxy) is 1. The maximum atomic E-state index is 12.8. The van der Waals surface area contributed by atoms with E-state index < -0.39 is 0 Å². The highest BCUT2D eigenvalue weighted by Crippen LogP contribution is 2.32. The zero-order valence-corrected chi connectivity index (χ0v) is 23.5. The van der Waals surface area contributed by atoms with E-state index >= 15 is 0 Å². The van der Waals surface area contributed by atoms with Crippen molar-refractivity contribution >= 4 is 5.97 Å². The first-order valence-electron chi connectivity index (χ1n) is 15.3. The average molecular weight is 467 g/mol. The van der Waals surface area contributed by atoms with Crippen molar-refractivity contribution in [1.29, 1.82) is 0 Å². The van der Waals surface area contributed by atoms with Crippen LogP contribution in [0.25, 0.3) is 0 Å². The van der Waals surface area contributed by atoms with Gasteiger partial charge in [0.1, 0.15) is 0 Å². The standard InChI is InChI=1S/C31H62O2/c1-5-8-11-13-15-16-17-18-19-20-21-22-24-26-29-33-30(32)31(4,27-10-7-3)28-25-23-14-12-9-6-2/h5-29H2,1-4H3. The third-order valence-corrected chi connectivity index (χ3v) is 7.39. The molecular formula is C31H62O2. The Morgan fingerprint density at radius 2 is 0.818 bits per heavy atom. The molecular weight excluding hydrogens is 404 g/mol. The number of esters is 1. The molecule has 0 radical (unpaired) electrons. The lowest BCUT2D eigenvalue weighted by atomic mass is 9.80. The topological polar surface area (TPSA) is 26.3 Å². The minimum atomic E-state index is -0.267. The van der Waals surface area contributed by atoms with Crippen LogP contribution in [0.15, 0.2) is 0 Å².